The number of nitrogens with zero attached hydrogens (tertiary/aromatic N) is 2. The van der Waals surface area contributed by atoms with Gasteiger partial charge in [-0.3, -0.25) is 15.0 Å². The largest absolute Gasteiger partial charge is 0.309 e. The molecule has 0 radical (unpaired) electrons. The van der Waals surface area contributed by atoms with E-state index in [9.17, 15) is 10.1 Å². The first-order valence-electron chi connectivity index (χ1n) is 6.76. The highest BCUT2D eigenvalue weighted by Crippen LogP contribution is 2.13. The van der Waals surface area contributed by atoms with Crippen LogP contribution in [0.3, 0.4) is 0 Å². The summed E-state index contributed by atoms with van der Waals surface area (Å²) in [6, 6.07) is 7.93. The van der Waals surface area contributed by atoms with Crippen LogP contribution in [-0.2, 0) is 6.42 Å². The van der Waals surface area contributed by atoms with E-state index in [1.54, 1.807) is 12.1 Å². The summed E-state index contributed by atoms with van der Waals surface area (Å²) >= 11 is 0. The minimum atomic E-state index is -0.358. The Morgan fingerprint density at radius 3 is 2.37 bits per heavy atom. The highest BCUT2D eigenvalue weighted by atomic mass is 16.6. The molecule has 1 aliphatic rings. The number of rotatable bonds is 4. The van der Waals surface area contributed by atoms with Gasteiger partial charge in [0.1, 0.15) is 0 Å². The van der Waals surface area contributed by atoms with Crippen molar-refractivity contribution in [1.29, 1.82) is 0 Å². The van der Waals surface area contributed by atoms with Gasteiger partial charge in [-0.05, 0) is 25.8 Å². The Balaban J connectivity index is 1.86. The summed E-state index contributed by atoms with van der Waals surface area (Å²) in [5.74, 6) is 0. The molecule has 0 aliphatic carbocycles. The normalized spacial score (nSPS) is 24.3. The van der Waals surface area contributed by atoms with Gasteiger partial charge in [-0.15, -0.1) is 0 Å². The van der Waals surface area contributed by atoms with Gasteiger partial charge < -0.3 is 5.32 Å². The van der Waals surface area contributed by atoms with E-state index in [1.165, 1.54) is 0 Å². The highest BCUT2D eigenvalue weighted by Gasteiger charge is 2.20. The first kappa shape index (κ1) is 14.0. The molecule has 2 rings (SSSR count). The van der Waals surface area contributed by atoms with Crippen molar-refractivity contribution in [3.63, 3.8) is 0 Å². The van der Waals surface area contributed by atoms with Crippen LogP contribution in [0.4, 0.5) is 5.69 Å². The SMILES string of the molecule is CC1CN(CCc2ccc([N+](=O)[O-])cc2)CC(C)N1. The van der Waals surface area contributed by atoms with E-state index in [1.807, 2.05) is 12.1 Å². The maximum absolute atomic E-state index is 10.6. The number of piperazine rings is 1. The van der Waals surface area contributed by atoms with Crippen LogP contribution < -0.4 is 5.32 Å². The molecule has 0 bridgehead atoms. The molecule has 0 saturated carbocycles. The molecular weight excluding hydrogens is 242 g/mol. The number of nitro groups is 1. The van der Waals surface area contributed by atoms with Crippen molar-refractivity contribution >= 4 is 5.69 Å². The van der Waals surface area contributed by atoms with Crippen molar-refractivity contribution in [3.05, 3.63) is 39.9 Å². The van der Waals surface area contributed by atoms with Crippen LogP contribution >= 0.6 is 0 Å². The molecule has 1 aromatic rings. The summed E-state index contributed by atoms with van der Waals surface area (Å²) in [5, 5.41) is 14.1. The van der Waals surface area contributed by atoms with Crippen LogP contribution in [-0.4, -0.2) is 41.5 Å². The minimum absolute atomic E-state index is 0.160. The van der Waals surface area contributed by atoms with E-state index in [0.717, 1.165) is 31.6 Å². The number of hydrogen-bond acceptors (Lipinski definition) is 4. The predicted octanol–water partition coefficient (Wildman–Crippen LogP) is 1.82. The van der Waals surface area contributed by atoms with E-state index in [0.29, 0.717) is 12.1 Å². The molecule has 5 nitrogen and oxygen atoms in total. The molecule has 0 spiro atoms. The second-order valence-corrected chi connectivity index (χ2v) is 5.40. The maximum atomic E-state index is 10.6. The number of nitrogens with one attached hydrogen (secondary N) is 1. The minimum Gasteiger partial charge on any atom is -0.309 e. The number of non-ortho nitro benzene ring substituents is 1. The quantitative estimate of drug-likeness (QED) is 0.665. The van der Waals surface area contributed by atoms with Gasteiger partial charge in [0.05, 0.1) is 4.92 Å². The van der Waals surface area contributed by atoms with Crippen LogP contribution in [0.1, 0.15) is 19.4 Å². The molecule has 104 valence electrons. The standard InChI is InChI=1S/C14H21N3O2/c1-11-9-16(10-12(2)15-11)8-7-13-3-5-14(6-4-13)17(18)19/h3-6,11-12,15H,7-10H2,1-2H3. The Bertz CT molecular complexity index is 423. The number of benzene rings is 1. The smallest absolute Gasteiger partial charge is 0.269 e. The van der Waals surface area contributed by atoms with Crippen molar-refractivity contribution in [2.24, 2.45) is 0 Å². The Labute approximate surface area is 113 Å². The maximum Gasteiger partial charge on any atom is 0.269 e. The molecule has 0 aromatic heterocycles. The van der Waals surface area contributed by atoms with Crippen LogP contribution in [0.5, 0.6) is 0 Å². The average Bonchev–Trinajstić information content (AvgIpc) is 2.36. The third-order valence-electron chi connectivity index (χ3n) is 3.50. The molecule has 1 fully saturated rings. The first-order chi connectivity index (χ1) is 9.04. The van der Waals surface area contributed by atoms with Gasteiger partial charge in [0.25, 0.3) is 5.69 Å². The topological polar surface area (TPSA) is 58.4 Å². The van der Waals surface area contributed by atoms with E-state index < -0.39 is 0 Å². The monoisotopic (exact) mass is 263 g/mol. The highest BCUT2D eigenvalue weighted by molar-refractivity contribution is 5.32. The summed E-state index contributed by atoms with van der Waals surface area (Å²) in [6.45, 7) is 7.55. The van der Waals surface area contributed by atoms with Crippen molar-refractivity contribution in [2.45, 2.75) is 32.4 Å². The van der Waals surface area contributed by atoms with Crippen LogP contribution in [0, 0.1) is 10.1 Å². The molecule has 2 unspecified atom stereocenters. The summed E-state index contributed by atoms with van der Waals surface area (Å²) < 4.78 is 0. The van der Waals surface area contributed by atoms with E-state index in [2.05, 4.69) is 24.1 Å². The Kier molecular flexibility index (Phi) is 4.50. The Hall–Kier alpha value is -1.46. The lowest BCUT2D eigenvalue weighted by Crippen LogP contribution is -2.54. The second-order valence-electron chi connectivity index (χ2n) is 5.40. The molecule has 1 heterocycles. The molecule has 5 heteroatoms. The summed E-state index contributed by atoms with van der Waals surface area (Å²) in [6.07, 6.45) is 0.942. The third kappa shape index (κ3) is 4.01. The molecule has 19 heavy (non-hydrogen) atoms. The molecule has 1 N–H and O–H groups in total. The summed E-state index contributed by atoms with van der Waals surface area (Å²) in [4.78, 5) is 12.7. The number of hydrogen-bond donors (Lipinski definition) is 1. The van der Waals surface area contributed by atoms with Gasteiger partial charge in [-0.25, -0.2) is 0 Å². The second kappa shape index (κ2) is 6.12. The Morgan fingerprint density at radius 2 is 1.84 bits per heavy atom. The molecule has 1 aliphatic heterocycles. The summed E-state index contributed by atoms with van der Waals surface area (Å²) in [5.41, 5.74) is 1.32. The van der Waals surface area contributed by atoms with Crippen molar-refractivity contribution < 1.29 is 4.92 Å². The van der Waals surface area contributed by atoms with Gasteiger partial charge in [-0.2, -0.15) is 0 Å². The lowest BCUT2D eigenvalue weighted by molar-refractivity contribution is -0.384. The zero-order valence-electron chi connectivity index (χ0n) is 11.5. The molecule has 1 aromatic carbocycles. The fourth-order valence-corrected chi connectivity index (χ4v) is 2.69. The lowest BCUT2D eigenvalue weighted by atomic mass is 10.1. The van der Waals surface area contributed by atoms with Gasteiger partial charge in [0, 0.05) is 43.9 Å². The van der Waals surface area contributed by atoms with E-state index in [-0.39, 0.29) is 10.6 Å². The van der Waals surface area contributed by atoms with Crippen molar-refractivity contribution in [2.75, 3.05) is 19.6 Å². The first-order valence-corrected chi connectivity index (χ1v) is 6.76. The van der Waals surface area contributed by atoms with Gasteiger partial charge in [-0.1, -0.05) is 12.1 Å². The average molecular weight is 263 g/mol. The summed E-state index contributed by atoms with van der Waals surface area (Å²) in [7, 11) is 0. The van der Waals surface area contributed by atoms with Crippen LogP contribution in [0.2, 0.25) is 0 Å². The molecule has 2 atom stereocenters. The van der Waals surface area contributed by atoms with Gasteiger partial charge >= 0.3 is 0 Å². The Morgan fingerprint density at radius 1 is 1.26 bits per heavy atom. The zero-order valence-corrected chi connectivity index (χ0v) is 11.5. The lowest BCUT2D eigenvalue weighted by Gasteiger charge is -2.36. The predicted molar refractivity (Wildman–Crippen MR) is 75.3 cm³/mol. The van der Waals surface area contributed by atoms with E-state index >= 15 is 0 Å². The molecule has 0 amide bonds. The van der Waals surface area contributed by atoms with Gasteiger partial charge in [0.15, 0.2) is 0 Å². The van der Waals surface area contributed by atoms with Crippen LogP contribution in [0.15, 0.2) is 24.3 Å². The molecule has 1 saturated heterocycles. The van der Waals surface area contributed by atoms with Crippen LogP contribution in [0.25, 0.3) is 0 Å². The number of nitro benzene ring substituents is 1. The zero-order chi connectivity index (χ0) is 13.8. The van der Waals surface area contributed by atoms with Gasteiger partial charge in [0.2, 0.25) is 0 Å². The fourth-order valence-electron chi connectivity index (χ4n) is 2.69. The van der Waals surface area contributed by atoms with E-state index in [4.69, 9.17) is 0 Å². The van der Waals surface area contributed by atoms with Crippen molar-refractivity contribution in [1.82, 2.24) is 10.2 Å². The van der Waals surface area contributed by atoms with Crippen molar-refractivity contribution in [3.8, 4) is 0 Å². The molecular formula is C14H21N3O2. The third-order valence-corrected chi connectivity index (χ3v) is 3.50. The fraction of sp³-hybridized carbons (Fsp3) is 0.571.